The molecule has 0 aromatic heterocycles. The standard InChI is InChI=1S/C23H27BrO4/c1-22(2)9-15(25)20(16(26)10-22)19(13-6-5-7-14(24)8-13)21-17(27)11-23(3,4)12-18(21)28/h5-8,19-20,27H,9-12H2,1-4H3/t19-/m1/s1. The van der Waals surface area contributed by atoms with Gasteiger partial charge >= 0.3 is 0 Å². The van der Waals surface area contributed by atoms with Gasteiger partial charge in [0.2, 0.25) is 0 Å². The molecule has 1 fully saturated rings. The molecule has 4 nitrogen and oxygen atoms in total. The number of aliphatic hydroxyl groups excluding tert-OH is 1. The Kier molecular flexibility index (Phi) is 5.43. The molecule has 0 spiro atoms. The highest BCUT2D eigenvalue weighted by Gasteiger charge is 2.48. The van der Waals surface area contributed by atoms with Crippen molar-refractivity contribution in [2.24, 2.45) is 16.7 Å². The van der Waals surface area contributed by atoms with Gasteiger partial charge in [-0.2, -0.15) is 0 Å². The number of Topliss-reactive ketones (excluding diaryl/α,β-unsaturated/α-hetero) is 3. The van der Waals surface area contributed by atoms with Gasteiger partial charge in [-0.15, -0.1) is 0 Å². The van der Waals surface area contributed by atoms with Crippen LogP contribution in [-0.2, 0) is 14.4 Å². The number of allylic oxidation sites excluding steroid dienone is 2. The predicted molar refractivity (Wildman–Crippen MR) is 111 cm³/mol. The lowest BCUT2D eigenvalue weighted by atomic mass is 9.62. The van der Waals surface area contributed by atoms with Gasteiger partial charge < -0.3 is 5.11 Å². The Morgan fingerprint density at radius 1 is 0.964 bits per heavy atom. The summed E-state index contributed by atoms with van der Waals surface area (Å²) in [4.78, 5) is 39.2. The van der Waals surface area contributed by atoms with Crippen molar-refractivity contribution >= 4 is 33.3 Å². The third kappa shape index (κ3) is 4.14. The van der Waals surface area contributed by atoms with Crippen molar-refractivity contribution in [1.29, 1.82) is 0 Å². The van der Waals surface area contributed by atoms with Crippen LogP contribution in [0.1, 0.15) is 64.9 Å². The highest BCUT2D eigenvalue weighted by Crippen LogP contribution is 2.47. The summed E-state index contributed by atoms with van der Waals surface area (Å²) >= 11 is 3.44. The number of aliphatic hydroxyl groups is 1. The van der Waals surface area contributed by atoms with E-state index in [0.29, 0.717) is 24.8 Å². The molecule has 1 aromatic rings. The topological polar surface area (TPSA) is 71.4 Å². The van der Waals surface area contributed by atoms with Crippen LogP contribution in [-0.4, -0.2) is 22.5 Å². The average Bonchev–Trinajstić information content (AvgIpc) is 2.49. The molecule has 0 saturated heterocycles. The Balaban J connectivity index is 2.16. The summed E-state index contributed by atoms with van der Waals surface area (Å²) in [6.45, 7) is 7.70. The molecule has 1 N–H and O–H groups in total. The van der Waals surface area contributed by atoms with E-state index in [1.807, 2.05) is 52.0 Å². The molecule has 5 heteroatoms. The maximum absolute atomic E-state index is 13.1. The zero-order chi connectivity index (χ0) is 20.9. The third-order valence-electron chi connectivity index (χ3n) is 5.75. The minimum Gasteiger partial charge on any atom is -0.512 e. The summed E-state index contributed by atoms with van der Waals surface area (Å²) in [5.74, 6) is -2.13. The maximum atomic E-state index is 13.1. The molecule has 150 valence electrons. The summed E-state index contributed by atoms with van der Waals surface area (Å²) < 4.78 is 0.801. The first-order valence-electron chi connectivity index (χ1n) is 9.66. The fourth-order valence-electron chi connectivity index (χ4n) is 4.66. The summed E-state index contributed by atoms with van der Waals surface area (Å²) in [7, 11) is 0. The van der Waals surface area contributed by atoms with Gasteiger partial charge in [0.15, 0.2) is 5.78 Å². The van der Waals surface area contributed by atoms with Crippen LogP contribution in [0.3, 0.4) is 0 Å². The second-order valence-corrected chi connectivity index (χ2v) is 10.7. The van der Waals surface area contributed by atoms with E-state index >= 15 is 0 Å². The number of benzene rings is 1. The first-order valence-corrected chi connectivity index (χ1v) is 10.5. The Hall–Kier alpha value is -1.75. The summed E-state index contributed by atoms with van der Waals surface area (Å²) in [5, 5.41) is 10.8. The van der Waals surface area contributed by atoms with Crippen LogP contribution < -0.4 is 0 Å². The molecule has 2 aliphatic rings. The van der Waals surface area contributed by atoms with Crippen LogP contribution in [0.5, 0.6) is 0 Å². The van der Waals surface area contributed by atoms with E-state index < -0.39 is 11.8 Å². The number of rotatable bonds is 3. The Bertz CT molecular complexity index is 858. The lowest BCUT2D eigenvalue weighted by Crippen LogP contribution is -2.43. The van der Waals surface area contributed by atoms with E-state index in [0.717, 1.165) is 4.47 Å². The van der Waals surface area contributed by atoms with Crippen molar-refractivity contribution in [2.45, 2.75) is 59.3 Å². The van der Waals surface area contributed by atoms with Crippen LogP contribution in [0.25, 0.3) is 0 Å². The van der Waals surface area contributed by atoms with Crippen LogP contribution in [0.2, 0.25) is 0 Å². The summed E-state index contributed by atoms with van der Waals surface area (Å²) in [6.07, 6.45) is 1.24. The number of hydrogen-bond donors (Lipinski definition) is 1. The first kappa shape index (κ1) is 21.0. The van der Waals surface area contributed by atoms with Gasteiger partial charge in [-0.25, -0.2) is 0 Å². The lowest BCUT2D eigenvalue weighted by molar-refractivity contribution is -0.140. The number of halogens is 1. The first-order chi connectivity index (χ1) is 12.9. The summed E-state index contributed by atoms with van der Waals surface area (Å²) in [6, 6.07) is 7.33. The lowest BCUT2D eigenvalue weighted by Gasteiger charge is -2.39. The molecule has 0 amide bonds. The fourth-order valence-corrected chi connectivity index (χ4v) is 5.07. The van der Waals surface area contributed by atoms with E-state index in [1.54, 1.807) is 0 Å². The second-order valence-electron chi connectivity index (χ2n) is 9.76. The molecule has 28 heavy (non-hydrogen) atoms. The van der Waals surface area contributed by atoms with E-state index in [1.165, 1.54) is 0 Å². The number of hydrogen-bond acceptors (Lipinski definition) is 4. The Labute approximate surface area is 174 Å². The minimum absolute atomic E-state index is 0.0108. The van der Waals surface area contributed by atoms with Gasteiger partial charge in [-0.05, 0) is 28.5 Å². The molecule has 1 aromatic carbocycles. The Morgan fingerprint density at radius 3 is 2.07 bits per heavy atom. The normalized spacial score (nSPS) is 23.8. The van der Waals surface area contributed by atoms with E-state index in [4.69, 9.17) is 0 Å². The molecule has 0 radical (unpaired) electrons. The van der Waals surface area contributed by atoms with Gasteiger partial charge in [0.1, 0.15) is 17.3 Å². The van der Waals surface area contributed by atoms with Gasteiger partial charge in [0.25, 0.3) is 0 Å². The molecule has 3 rings (SSSR count). The molecule has 2 aliphatic carbocycles. The molecule has 0 bridgehead atoms. The van der Waals surface area contributed by atoms with Crippen molar-refractivity contribution in [1.82, 2.24) is 0 Å². The Morgan fingerprint density at radius 2 is 1.54 bits per heavy atom. The molecule has 1 atom stereocenters. The highest BCUT2D eigenvalue weighted by molar-refractivity contribution is 9.10. The van der Waals surface area contributed by atoms with Crippen molar-refractivity contribution in [3.05, 3.63) is 45.6 Å². The van der Waals surface area contributed by atoms with Crippen molar-refractivity contribution in [3.8, 4) is 0 Å². The van der Waals surface area contributed by atoms with Crippen LogP contribution in [0.4, 0.5) is 0 Å². The quantitative estimate of drug-likeness (QED) is 0.638. The SMILES string of the molecule is CC1(C)CC(=O)C([C@H](C2=C(O)CC(C)(C)CC2=O)c2cccc(Br)c2)C(=O)C1. The number of carbonyl (C=O) groups excluding carboxylic acids is 3. The molecular formula is C23H27BrO4. The minimum atomic E-state index is -0.926. The summed E-state index contributed by atoms with van der Waals surface area (Å²) in [5.41, 5.74) is 0.232. The molecule has 0 aliphatic heterocycles. The van der Waals surface area contributed by atoms with E-state index in [-0.39, 0.29) is 45.9 Å². The largest absolute Gasteiger partial charge is 0.512 e. The molecule has 0 heterocycles. The van der Waals surface area contributed by atoms with Crippen molar-refractivity contribution in [2.75, 3.05) is 0 Å². The maximum Gasteiger partial charge on any atom is 0.163 e. The molecular weight excluding hydrogens is 420 g/mol. The molecule has 1 saturated carbocycles. The van der Waals surface area contributed by atoms with E-state index in [2.05, 4.69) is 15.9 Å². The van der Waals surface area contributed by atoms with Gasteiger partial charge in [-0.1, -0.05) is 55.8 Å². The predicted octanol–water partition coefficient (Wildman–Crippen LogP) is 5.31. The van der Waals surface area contributed by atoms with Gasteiger partial charge in [0, 0.05) is 41.6 Å². The smallest absolute Gasteiger partial charge is 0.163 e. The number of ketones is 3. The third-order valence-corrected chi connectivity index (χ3v) is 6.24. The average molecular weight is 447 g/mol. The number of carbonyl (C=O) groups is 3. The van der Waals surface area contributed by atoms with Crippen LogP contribution in [0, 0.1) is 16.7 Å². The van der Waals surface area contributed by atoms with Gasteiger partial charge in [-0.3, -0.25) is 14.4 Å². The van der Waals surface area contributed by atoms with Gasteiger partial charge in [0.05, 0.1) is 5.92 Å². The zero-order valence-electron chi connectivity index (χ0n) is 16.8. The second kappa shape index (κ2) is 7.25. The zero-order valence-corrected chi connectivity index (χ0v) is 18.4. The fraction of sp³-hybridized carbons (Fsp3) is 0.522. The monoisotopic (exact) mass is 446 g/mol. The van der Waals surface area contributed by atoms with Crippen molar-refractivity contribution in [3.63, 3.8) is 0 Å². The van der Waals surface area contributed by atoms with Crippen molar-refractivity contribution < 1.29 is 19.5 Å². The van der Waals surface area contributed by atoms with E-state index in [9.17, 15) is 19.5 Å². The van der Waals surface area contributed by atoms with Crippen LogP contribution in [0.15, 0.2) is 40.1 Å². The van der Waals surface area contributed by atoms with Crippen LogP contribution >= 0.6 is 15.9 Å². The highest BCUT2D eigenvalue weighted by atomic mass is 79.9. The molecule has 0 unspecified atom stereocenters.